The summed E-state index contributed by atoms with van der Waals surface area (Å²) in [4.78, 5) is 8.44. The van der Waals surface area contributed by atoms with Crippen molar-refractivity contribution < 1.29 is 4.39 Å². The molecule has 1 aromatic carbocycles. The zero-order chi connectivity index (χ0) is 13.1. The van der Waals surface area contributed by atoms with Crippen LogP contribution in [-0.4, -0.2) is 17.0 Å². The molecule has 2 N–H and O–H groups in total. The molecular weight excluding hydrogens is 231 g/mol. The molecule has 0 aliphatic carbocycles. The van der Waals surface area contributed by atoms with Crippen LogP contribution in [0.2, 0.25) is 0 Å². The van der Waals surface area contributed by atoms with E-state index in [0.29, 0.717) is 11.8 Å². The SMILES string of the molecule is CNc1ncc(C)c(Nc2ccc(F)cc2C)n1. The summed E-state index contributed by atoms with van der Waals surface area (Å²) in [5.74, 6) is 1.01. The van der Waals surface area contributed by atoms with Crippen molar-refractivity contribution in [1.29, 1.82) is 0 Å². The van der Waals surface area contributed by atoms with Gasteiger partial charge in [-0.3, -0.25) is 0 Å². The summed E-state index contributed by atoms with van der Waals surface area (Å²) in [6, 6.07) is 4.61. The number of aromatic nitrogens is 2. The van der Waals surface area contributed by atoms with Crippen molar-refractivity contribution in [3.05, 3.63) is 41.3 Å². The van der Waals surface area contributed by atoms with Crippen LogP contribution in [0.3, 0.4) is 0 Å². The zero-order valence-corrected chi connectivity index (χ0v) is 10.6. The number of anilines is 3. The predicted molar refractivity (Wildman–Crippen MR) is 70.7 cm³/mol. The maximum absolute atomic E-state index is 13.0. The normalized spacial score (nSPS) is 10.2. The molecule has 4 nitrogen and oxygen atoms in total. The first-order chi connectivity index (χ1) is 8.60. The number of hydrogen-bond acceptors (Lipinski definition) is 4. The van der Waals surface area contributed by atoms with Gasteiger partial charge in [-0.25, -0.2) is 9.37 Å². The van der Waals surface area contributed by atoms with Crippen molar-refractivity contribution in [2.24, 2.45) is 0 Å². The number of nitrogens with one attached hydrogen (secondary N) is 2. The Morgan fingerprint density at radius 1 is 1.17 bits per heavy atom. The van der Waals surface area contributed by atoms with Gasteiger partial charge in [-0.05, 0) is 37.6 Å². The van der Waals surface area contributed by atoms with Gasteiger partial charge in [0.2, 0.25) is 5.95 Å². The molecular formula is C13H15FN4. The number of aryl methyl sites for hydroxylation is 2. The van der Waals surface area contributed by atoms with Gasteiger partial charge >= 0.3 is 0 Å². The van der Waals surface area contributed by atoms with Gasteiger partial charge in [-0.2, -0.15) is 4.98 Å². The largest absolute Gasteiger partial charge is 0.357 e. The van der Waals surface area contributed by atoms with Crippen LogP contribution in [0.1, 0.15) is 11.1 Å². The minimum absolute atomic E-state index is 0.242. The van der Waals surface area contributed by atoms with Crippen molar-refractivity contribution in [3.8, 4) is 0 Å². The van der Waals surface area contributed by atoms with Crippen molar-refractivity contribution in [2.75, 3.05) is 17.7 Å². The van der Waals surface area contributed by atoms with Gasteiger partial charge in [0.1, 0.15) is 11.6 Å². The standard InChI is InChI=1S/C13H15FN4/c1-8-6-10(14)4-5-11(8)17-12-9(2)7-16-13(15-3)18-12/h4-7H,1-3H3,(H2,15,16,17,18). The van der Waals surface area contributed by atoms with E-state index in [-0.39, 0.29) is 5.82 Å². The molecule has 18 heavy (non-hydrogen) atoms. The molecule has 0 saturated heterocycles. The van der Waals surface area contributed by atoms with Crippen molar-refractivity contribution >= 4 is 17.5 Å². The first kappa shape index (κ1) is 12.3. The Morgan fingerprint density at radius 3 is 2.61 bits per heavy atom. The second-order valence-electron chi connectivity index (χ2n) is 4.06. The summed E-state index contributed by atoms with van der Waals surface area (Å²) in [6.07, 6.45) is 1.74. The third-order valence-electron chi connectivity index (χ3n) is 2.64. The number of nitrogens with zero attached hydrogens (tertiary/aromatic N) is 2. The minimum atomic E-state index is -0.242. The van der Waals surface area contributed by atoms with Crippen molar-refractivity contribution in [2.45, 2.75) is 13.8 Å². The molecule has 0 aliphatic heterocycles. The molecule has 0 bridgehead atoms. The lowest BCUT2D eigenvalue weighted by Crippen LogP contribution is -2.03. The van der Waals surface area contributed by atoms with Gasteiger partial charge < -0.3 is 10.6 Å². The topological polar surface area (TPSA) is 49.8 Å². The number of rotatable bonds is 3. The first-order valence-corrected chi connectivity index (χ1v) is 5.64. The highest BCUT2D eigenvalue weighted by Crippen LogP contribution is 2.22. The van der Waals surface area contributed by atoms with Gasteiger partial charge in [0.05, 0.1) is 0 Å². The molecule has 0 atom stereocenters. The number of hydrogen-bond donors (Lipinski definition) is 2. The number of benzene rings is 1. The van der Waals surface area contributed by atoms with Crippen LogP contribution < -0.4 is 10.6 Å². The highest BCUT2D eigenvalue weighted by atomic mass is 19.1. The van der Waals surface area contributed by atoms with E-state index < -0.39 is 0 Å². The van der Waals surface area contributed by atoms with Gasteiger partial charge in [0, 0.05) is 24.5 Å². The third-order valence-corrected chi connectivity index (χ3v) is 2.64. The Kier molecular flexibility index (Phi) is 3.41. The van der Waals surface area contributed by atoms with Crippen molar-refractivity contribution in [1.82, 2.24) is 9.97 Å². The molecule has 2 aromatic rings. The monoisotopic (exact) mass is 246 g/mol. The second-order valence-corrected chi connectivity index (χ2v) is 4.06. The summed E-state index contributed by atoms with van der Waals surface area (Å²) in [6.45, 7) is 3.77. The number of halogens is 1. The van der Waals surface area contributed by atoms with E-state index in [9.17, 15) is 4.39 Å². The second kappa shape index (κ2) is 5.00. The highest BCUT2D eigenvalue weighted by Gasteiger charge is 2.05. The molecule has 2 rings (SSSR count). The zero-order valence-electron chi connectivity index (χ0n) is 10.6. The van der Waals surface area contributed by atoms with Gasteiger partial charge in [-0.15, -0.1) is 0 Å². The van der Waals surface area contributed by atoms with Crippen LogP contribution in [0, 0.1) is 19.7 Å². The van der Waals surface area contributed by atoms with Crippen LogP contribution in [0.5, 0.6) is 0 Å². The lowest BCUT2D eigenvalue weighted by Gasteiger charge is -2.11. The molecule has 0 spiro atoms. The predicted octanol–water partition coefficient (Wildman–Crippen LogP) is 3.02. The third kappa shape index (κ3) is 2.56. The summed E-state index contributed by atoms with van der Waals surface area (Å²) in [5, 5.41) is 6.07. The first-order valence-electron chi connectivity index (χ1n) is 5.64. The fourth-order valence-corrected chi connectivity index (χ4v) is 1.58. The Balaban J connectivity index is 2.33. The molecule has 0 fully saturated rings. The summed E-state index contributed by atoms with van der Waals surface area (Å²) in [7, 11) is 1.76. The molecule has 0 radical (unpaired) electrons. The maximum Gasteiger partial charge on any atom is 0.224 e. The van der Waals surface area contributed by atoms with Crippen molar-refractivity contribution in [3.63, 3.8) is 0 Å². The van der Waals surface area contributed by atoms with Crippen LogP contribution >= 0.6 is 0 Å². The fourth-order valence-electron chi connectivity index (χ4n) is 1.58. The van der Waals surface area contributed by atoms with Gasteiger partial charge in [-0.1, -0.05) is 0 Å². The molecule has 0 aliphatic rings. The van der Waals surface area contributed by atoms with E-state index >= 15 is 0 Å². The quantitative estimate of drug-likeness (QED) is 0.874. The summed E-state index contributed by atoms with van der Waals surface area (Å²) >= 11 is 0. The van der Waals surface area contributed by atoms with Crippen LogP contribution in [-0.2, 0) is 0 Å². The minimum Gasteiger partial charge on any atom is -0.357 e. The summed E-state index contributed by atoms with van der Waals surface area (Å²) in [5.41, 5.74) is 2.59. The van der Waals surface area contributed by atoms with Gasteiger partial charge in [0.25, 0.3) is 0 Å². The summed E-state index contributed by atoms with van der Waals surface area (Å²) < 4.78 is 13.0. The molecule has 0 saturated carbocycles. The Morgan fingerprint density at radius 2 is 1.94 bits per heavy atom. The molecule has 1 aromatic heterocycles. The van der Waals surface area contributed by atoms with Crippen LogP contribution in [0.15, 0.2) is 24.4 Å². The Hall–Kier alpha value is -2.17. The fraction of sp³-hybridized carbons (Fsp3) is 0.231. The van der Waals surface area contributed by atoms with E-state index in [4.69, 9.17) is 0 Å². The average Bonchev–Trinajstić information content (AvgIpc) is 2.35. The van der Waals surface area contributed by atoms with E-state index in [0.717, 1.165) is 16.8 Å². The Labute approximate surface area is 105 Å². The molecule has 94 valence electrons. The van der Waals surface area contributed by atoms with E-state index in [2.05, 4.69) is 20.6 Å². The van der Waals surface area contributed by atoms with Gasteiger partial charge in [0.15, 0.2) is 0 Å². The maximum atomic E-state index is 13.0. The molecule has 0 amide bonds. The lowest BCUT2D eigenvalue weighted by atomic mass is 10.2. The highest BCUT2D eigenvalue weighted by molar-refractivity contribution is 5.63. The van der Waals surface area contributed by atoms with Crippen LogP contribution in [0.4, 0.5) is 21.8 Å². The van der Waals surface area contributed by atoms with Crippen LogP contribution in [0.25, 0.3) is 0 Å². The molecule has 1 heterocycles. The van der Waals surface area contributed by atoms with E-state index in [1.54, 1.807) is 19.3 Å². The lowest BCUT2D eigenvalue weighted by molar-refractivity contribution is 0.627. The van der Waals surface area contributed by atoms with E-state index in [1.807, 2.05) is 13.8 Å². The smallest absolute Gasteiger partial charge is 0.224 e. The molecule has 5 heteroatoms. The van der Waals surface area contributed by atoms with E-state index in [1.165, 1.54) is 12.1 Å². The molecule has 0 unspecified atom stereocenters. The Bertz CT molecular complexity index is 569. The average molecular weight is 246 g/mol.